The summed E-state index contributed by atoms with van der Waals surface area (Å²) in [6.45, 7) is 2.05. The van der Waals surface area contributed by atoms with Crippen molar-refractivity contribution in [2.75, 3.05) is 0 Å². The number of aromatic carboxylic acids is 1. The molecule has 0 unspecified atom stereocenters. The molecular weight excluding hydrogens is 186 g/mol. The fourth-order valence-electron chi connectivity index (χ4n) is 1.38. The third-order valence-electron chi connectivity index (χ3n) is 2.20. The molecule has 4 heteroatoms. The molecule has 0 spiro atoms. The van der Waals surface area contributed by atoms with Crippen LogP contribution >= 0.6 is 11.3 Å². The minimum absolute atomic E-state index is 0.249. The van der Waals surface area contributed by atoms with E-state index in [1.807, 2.05) is 6.92 Å². The Hall–Kier alpha value is -0.900. The second kappa shape index (κ2) is 3.10. The third-order valence-corrected chi connectivity index (χ3v) is 3.40. The SMILES string of the molecule is CCc1sc(C(=O)O)nc1C1CC1. The first kappa shape index (κ1) is 8.69. The van der Waals surface area contributed by atoms with Gasteiger partial charge in [-0.15, -0.1) is 11.3 Å². The summed E-state index contributed by atoms with van der Waals surface area (Å²) in [5.74, 6) is -0.342. The van der Waals surface area contributed by atoms with Crippen LogP contribution in [0.2, 0.25) is 0 Å². The molecule has 1 aliphatic rings. The number of aryl methyl sites for hydroxylation is 1. The quantitative estimate of drug-likeness (QED) is 0.808. The molecule has 0 amide bonds. The summed E-state index contributed by atoms with van der Waals surface area (Å²) < 4.78 is 0. The minimum atomic E-state index is -0.897. The molecule has 13 heavy (non-hydrogen) atoms. The lowest BCUT2D eigenvalue weighted by Gasteiger charge is -1.93. The minimum Gasteiger partial charge on any atom is -0.476 e. The van der Waals surface area contributed by atoms with E-state index in [1.165, 1.54) is 24.2 Å². The summed E-state index contributed by atoms with van der Waals surface area (Å²) in [7, 11) is 0. The van der Waals surface area contributed by atoms with Crippen LogP contribution in [0.4, 0.5) is 0 Å². The van der Waals surface area contributed by atoms with Crippen molar-refractivity contribution in [1.82, 2.24) is 4.98 Å². The van der Waals surface area contributed by atoms with Gasteiger partial charge in [0.25, 0.3) is 0 Å². The van der Waals surface area contributed by atoms with Crippen LogP contribution in [0, 0.1) is 0 Å². The second-order valence-electron chi connectivity index (χ2n) is 3.26. The van der Waals surface area contributed by atoms with Gasteiger partial charge >= 0.3 is 5.97 Å². The van der Waals surface area contributed by atoms with Crippen LogP contribution in [0.5, 0.6) is 0 Å². The molecule has 1 aliphatic carbocycles. The van der Waals surface area contributed by atoms with Gasteiger partial charge in [-0.2, -0.15) is 0 Å². The van der Waals surface area contributed by atoms with Gasteiger partial charge in [0.05, 0.1) is 5.69 Å². The van der Waals surface area contributed by atoms with Crippen molar-refractivity contribution in [2.24, 2.45) is 0 Å². The van der Waals surface area contributed by atoms with Crippen LogP contribution in [-0.4, -0.2) is 16.1 Å². The van der Waals surface area contributed by atoms with E-state index in [0.29, 0.717) is 5.92 Å². The van der Waals surface area contributed by atoms with Crippen LogP contribution in [0.15, 0.2) is 0 Å². The molecule has 1 aromatic heterocycles. The van der Waals surface area contributed by atoms with Gasteiger partial charge in [-0.3, -0.25) is 0 Å². The summed E-state index contributed by atoms with van der Waals surface area (Å²) in [6.07, 6.45) is 3.25. The van der Waals surface area contributed by atoms with Crippen LogP contribution in [0.25, 0.3) is 0 Å². The highest BCUT2D eigenvalue weighted by molar-refractivity contribution is 7.13. The lowest BCUT2D eigenvalue weighted by atomic mass is 10.2. The first-order valence-corrected chi connectivity index (χ1v) is 5.27. The highest BCUT2D eigenvalue weighted by Gasteiger charge is 2.29. The van der Waals surface area contributed by atoms with E-state index in [1.54, 1.807) is 0 Å². The molecule has 3 nitrogen and oxygen atoms in total. The predicted octanol–water partition coefficient (Wildman–Crippen LogP) is 2.28. The zero-order chi connectivity index (χ0) is 9.42. The Balaban J connectivity index is 2.36. The number of carbonyl (C=O) groups is 1. The number of nitrogens with zero attached hydrogens (tertiary/aromatic N) is 1. The molecule has 1 N–H and O–H groups in total. The average Bonchev–Trinajstić information content (AvgIpc) is 2.84. The van der Waals surface area contributed by atoms with E-state index in [4.69, 9.17) is 5.11 Å². The smallest absolute Gasteiger partial charge is 0.365 e. The van der Waals surface area contributed by atoms with E-state index in [0.717, 1.165) is 17.0 Å². The highest BCUT2D eigenvalue weighted by atomic mass is 32.1. The Kier molecular flexibility index (Phi) is 2.07. The zero-order valence-electron chi connectivity index (χ0n) is 7.41. The number of hydrogen-bond acceptors (Lipinski definition) is 3. The first-order chi connectivity index (χ1) is 6.22. The summed E-state index contributed by atoms with van der Waals surface area (Å²) >= 11 is 1.33. The van der Waals surface area contributed by atoms with E-state index >= 15 is 0 Å². The van der Waals surface area contributed by atoms with Crippen LogP contribution < -0.4 is 0 Å². The summed E-state index contributed by atoms with van der Waals surface area (Å²) in [4.78, 5) is 16.0. The van der Waals surface area contributed by atoms with Gasteiger partial charge in [-0.25, -0.2) is 9.78 Å². The van der Waals surface area contributed by atoms with Crippen molar-refractivity contribution >= 4 is 17.3 Å². The maximum Gasteiger partial charge on any atom is 0.365 e. The molecule has 0 bridgehead atoms. The number of rotatable bonds is 3. The molecule has 0 atom stereocenters. The zero-order valence-corrected chi connectivity index (χ0v) is 8.23. The van der Waals surface area contributed by atoms with Gasteiger partial charge in [0, 0.05) is 10.8 Å². The molecule has 1 fully saturated rings. The Morgan fingerprint density at radius 1 is 1.69 bits per heavy atom. The van der Waals surface area contributed by atoms with Crippen molar-refractivity contribution in [3.8, 4) is 0 Å². The normalized spacial score (nSPS) is 16.1. The highest BCUT2D eigenvalue weighted by Crippen LogP contribution is 2.42. The van der Waals surface area contributed by atoms with Gasteiger partial charge in [0.2, 0.25) is 5.01 Å². The molecule has 0 aliphatic heterocycles. The van der Waals surface area contributed by atoms with E-state index in [-0.39, 0.29) is 5.01 Å². The Morgan fingerprint density at radius 2 is 2.38 bits per heavy atom. The lowest BCUT2D eigenvalue weighted by Crippen LogP contribution is -1.94. The molecular formula is C9H11NO2S. The van der Waals surface area contributed by atoms with Crippen molar-refractivity contribution in [3.05, 3.63) is 15.6 Å². The maximum absolute atomic E-state index is 10.7. The molecule has 70 valence electrons. The third kappa shape index (κ3) is 1.58. The molecule has 1 saturated carbocycles. The largest absolute Gasteiger partial charge is 0.476 e. The van der Waals surface area contributed by atoms with Crippen LogP contribution in [0.1, 0.15) is 46.1 Å². The number of carboxylic acids is 1. The topological polar surface area (TPSA) is 50.2 Å². The van der Waals surface area contributed by atoms with Gasteiger partial charge in [-0.05, 0) is 19.3 Å². The van der Waals surface area contributed by atoms with Crippen molar-refractivity contribution in [1.29, 1.82) is 0 Å². The van der Waals surface area contributed by atoms with E-state index < -0.39 is 5.97 Å². The van der Waals surface area contributed by atoms with Gasteiger partial charge < -0.3 is 5.11 Å². The molecule has 0 radical (unpaired) electrons. The maximum atomic E-state index is 10.7. The number of carboxylic acid groups (broad SMARTS) is 1. The monoisotopic (exact) mass is 197 g/mol. The van der Waals surface area contributed by atoms with Gasteiger partial charge in [0.1, 0.15) is 0 Å². The Bertz CT molecular complexity index is 341. The van der Waals surface area contributed by atoms with Gasteiger partial charge in [-0.1, -0.05) is 6.92 Å². The Morgan fingerprint density at radius 3 is 2.85 bits per heavy atom. The molecule has 1 aromatic rings. The second-order valence-corrected chi connectivity index (χ2v) is 4.34. The standard InChI is InChI=1S/C9H11NO2S/c1-2-6-7(5-3-4-5)10-8(13-6)9(11)12/h5H,2-4H2,1H3,(H,11,12). The fourth-order valence-corrected chi connectivity index (χ4v) is 2.31. The number of thiazole rings is 1. The average molecular weight is 197 g/mol. The van der Waals surface area contributed by atoms with Gasteiger partial charge in [0.15, 0.2) is 0 Å². The summed E-state index contributed by atoms with van der Waals surface area (Å²) in [5, 5.41) is 9.02. The number of hydrogen-bond donors (Lipinski definition) is 1. The molecule has 2 rings (SSSR count). The van der Waals surface area contributed by atoms with Crippen molar-refractivity contribution < 1.29 is 9.90 Å². The first-order valence-electron chi connectivity index (χ1n) is 4.45. The summed E-state index contributed by atoms with van der Waals surface area (Å²) in [5.41, 5.74) is 1.05. The van der Waals surface area contributed by atoms with E-state index in [9.17, 15) is 4.79 Å². The van der Waals surface area contributed by atoms with Crippen LogP contribution in [0.3, 0.4) is 0 Å². The molecule has 0 aromatic carbocycles. The van der Waals surface area contributed by atoms with E-state index in [2.05, 4.69) is 4.98 Å². The van der Waals surface area contributed by atoms with Crippen molar-refractivity contribution in [3.63, 3.8) is 0 Å². The summed E-state index contributed by atoms with van der Waals surface area (Å²) in [6, 6.07) is 0. The fraction of sp³-hybridized carbons (Fsp3) is 0.556. The molecule has 1 heterocycles. The van der Waals surface area contributed by atoms with Crippen molar-refractivity contribution in [2.45, 2.75) is 32.1 Å². The molecule has 0 saturated heterocycles. The number of aromatic nitrogens is 1. The predicted molar refractivity (Wildman–Crippen MR) is 50.4 cm³/mol. The van der Waals surface area contributed by atoms with Crippen LogP contribution in [-0.2, 0) is 6.42 Å². The Labute approximate surface area is 80.4 Å². The lowest BCUT2D eigenvalue weighted by molar-refractivity contribution is 0.0696.